The van der Waals surface area contributed by atoms with Crippen molar-refractivity contribution in [2.45, 2.75) is 23.6 Å². The molecule has 0 aliphatic heterocycles. The Morgan fingerprint density at radius 1 is 1.47 bits per heavy atom. The van der Waals surface area contributed by atoms with Crippen LogP contribution in [-0.4, -0.2) is 18.4 Å². The molecular formula is C12H13BrO3S. The first kappa shape index (κ1) is 14.3. The zero-order valence-corrected chi connectivity index (χ0v) is 12.0. The molecule has 1 aromatic carbocycles. The largest absolute Gasteiger partial charge is 0.462 e. The van der Waals surface area contributed by atoms with Crippen LogP contribution >= 0.6 is 28.6 Å². The molecule has 1 aromatic rings. The summed E-state index contributed by atoms with van der Waals surface area (Å²) in [6, 6.07) is 5.04. The quantitative estimate of drug-likeness (QED) is 0.527. The van der Waals surface area contributed by atoms with Crippen LogP contribution in [0.1, 0.15) is 34.6 Å². The molecule has 0 amide bonds. The van der Waals surface area contributed by atoms with Crippen LogP contribution in [0.3, 0.4) is 0 Å². The molecule has 0 aliphatic rings. The highest BCUT2D eigenvalue weighted by Gasteiger charge is 2.21. The van der Waals surface area contributed by atoms with E-state index in [1.165, 1.54) is 6.92 Å². The van der Waals surface area contributed by atoms with Gasteiger partial charge in [0.15, 0.2) is 0 Å². The molecule has 1 unspecified atom stereocenters. The van der Waals surface area contributed by atoms with E-state index in [1.807, 2.05) is 0 Å². The van der Waals surface area contributed by atoms with Crippen LogP contribution in [-0.2, 0) is 9.53 Å². The smallest absolute Gasteiger partial charge is 0.338 e. The highest BCUT2D eigenvalue weighted by atomic mass is 79.9. The summed E-state index contributed by atoms with van der Waals surface area (Å²) in [5.74, 6) is -0.508. The Hall–Kier alpha value is -0.810. The van der Waals surface area contributed by atoms with Crippen molar-refractivity contribution in [1.29, 1.82) is 0 Å². The monoisotopic (exact) mass is 316 g/mol. The number of rotatable bonds is 4. The van der Waals surface area contributed by atoms with E-state index in [0.717, 1.165) is 0 Å². The average molecular weight is 317 g/mol. The lowest BCUT2D eigenvalue weighted by Crippen LogP contribution is -2.12. The average Bonchev–Trinajstić information content (AvgIpc) is 2.28. The highest BCUT2D eigenvalue weighted by Crippen LogP contribution is 2.29. The Labute approximate surface area is 114 Å². The summed E-state index contributed by atoms with van der Waals surface area (Å²) < 4.78 is 4.95. The number of alkyl halides is 1. The summed E-state index contributed by atoms with van der Waals surface area (Å²) in [7, 11) is 0. The molecule has 0 heterocycles. The van der Waals surface area contributed by atoms with E-state index in [1.54, 1.807) is 25.1 Å². The number of Topliss-reactive ketones (excluding diaryl/α,β-unsaturated/α-hetero) is 1. The van der Waals surface area contributed by atoms with Gasteiger partial charge in [0.25, 0.3) is 0 Å². The van der Waals surface area contributed by atoms with E-state index in [4.69, 9.17) is 4.74 Å². The SMILES string of the molecule is CCOC(=O)c1cc(S)ccc1C(Br)C(C)=O. The Balaban J connectivity index is 3.21. The van der Waals surface area contributed by atoms with E-state index in [2.05, 4.69) is 28.6 Å². The fourth-order valence-corrected chi connectivity index (χ4v) is 1.97. The minimum atomic E-state index is -0.504. The molecular weight excluding hydrogens is 304 g/mol. The number of benzene rings is 1. The molecule has 0 aliphatic carbocycles. The van der Waals surface area contributed by atoms with Crippen LogP contribution in [0.2, 0.25) is 0 Å². The van der Waals surface area contributed by atoms with Gasteiger partial charge in [-0.1, -0.05) is 22.0 Å². The van der Waals surface area contributed by atoms with E-state index in [-0.39, 0.29) is 5.78 Å². The summed E-state index contributed by atoms with van der Waals surface area (Å²) in [5, 5.41) is 0. The summed E-state index contributed by atoms with van der Waals surface area (Å²) in [4.78, 5) is 23.2. The number of ether oxygens (including phenoxy) is 1. The fraction of sp³-hybridized carbons (Fsp3) is 0.333. The fourth-order valence-electron chi connectivity index (χ4n) is 1.37. The second kappa shape index (κ2) is 6.21. The molecule has 17 heavy (non-hydrogen) atoms. The number of carbonyl (C=O) groups is 2. The molecule has 0 spiro atoms. The van der Waals surface area contributed by atoms with Gasteiger partial charge in [0.1, 0.15) is 5.78 Å². The maximum absolute atomic E-state index is 11.8. The van der Waals surface area contributed by atoms with E-state index in [9.17, 15) is 9.59 Å². The van der Waals surface area contributed by atoms with Crippen LogP contribution in [0.4, 0.5) is 0 Å². The first-order valence-electron chi connectivity index (χ1n) is 5.12. The molecule has 3 nitrogen and oxygen atoms in total. The van der Waals surface area contributed by atoms with Crippen LogP contribution < -0.4 is 0 Å². The second-order valence-corrected chi connectivity index (χ2v) is 4.90. The molecule has 5 heteroatoms. The molecule has 0 saturated carbocycles. The molecule has 0 N–H and O–H groups in total. The van der Waals surface area contributed by atoms with Crippen LogP contribution in [0.25, 0.3) is 0 Å². The lowest BCUT2D eigenvalue weighted by Gasteiger charge is -2.12. The number of hydrogen-bond acceptors (Lipinski definition) is 4. The zero-order valence-electron chi connectivity index (χ0n) is 9.57. The maximum atomic E-state index is 11.8. The predicted octanol–water partition coefficient (Wildman–Crippen LogP) is 3.18. The Morgan fingerprint density at radius 3 is 2.65 bits per heavy atom. The number of hydrogen-bond donors (Lipinski definition) is 1. The molecule has 1 atom stereocenters. The lowest BCUT2D eigenvalue weighted by molar-refractivity contribution is -0.116. The molecule has 0 aromatic heterocycles. The van der Waals surface area contributed by atoms with Gasteiger partial charge in [-0.25, -0.2) is 4.79 Å². The van der Waals surface area contributed by atoms with E-state index in [0.29, 0.717) is 22.6 Å². The number of esters is 1. The third kappa shape index (κ3) is 3.57. The minimum Gasteiger partial charge on any atom is -0.462 e. The van der Waals surface area contributed by atoms with Gasteiger partial charge in [0, 0.05) is 4.90 Å². The molecule has 0 bridgehead atoms. The summed E-state index contributed by atoms with van der Waals surface area (Å²) >= 11 is 7.44. The first-order chi connectivity index (χ1) is 7.97. The summed E-state index contributed by atoms with van der Waals surface area (Å²) in [6.45, 7) is 3.49. The molecule has 0 fully saturated rings. The van der Waals surface area contributed by atoms with Crippen molar-refractivity contribution in [3.8, 4) is 0 Å². The highest BCUT2D eigenvalue weighted by molar-refractivity contribution is 9.09. The number of thiol groups is 1. The predicted molar refractivity (Wildman–Crippen MR) is 72.0 cm³/mol. The van der Waals surface area contributed by atoms with Gasteiger partial charge in [-0.2, -0.15) is 0 Å². The van der Waals surface area contributed by atoms with E-state index < -0.39 is 10.8 Å². The molecule has 0 radical (unpaired) electrons. The lowest BCUT2D eigenvalue weighted by atomic mass is 10.0. The zero-order chi connectivity index (χ0) is 13.0. The van der Waals surface area contributed by atoms with Crippen LogP contribution in [0, 0.1) is 0 Å². The third-order valence-corrected chi connectivity index (χ3v) is 3.58. The van der Waals surface area contributed by atoms with Crippen molar-refractivity contribution in [3.05, 3.63) is 29.3 Å². The minimum absolute atomic E-state index is 0.0672. The van der Waals surface area contributed by atoms with Crippen molar-refractivity contribution in [2.24, 2.45) is 0 Å². The molecule has 0 saturated heterocycles. The van der Waals surface area contributed by atoms with Crippen LogP contribution in [0.5, 0.6) is 0 Å². The topological polar surface area (TPSA) is 43.4 Å². The number of halogens is 1. The first-order valence-corrected chi connectivity index (χ1v) is 6.48. The van der Waals surface area contributed by atoms with Gasteiger partial charge in [-0.05, 0) is 31.5 Å². The van der Waals surface area contributed by atoms with Gasteiger partial charge >= 0.3 is 5.97 Å². The maximum Gasteiger partial charge on any atom is 0.338 e. The van der Waals surface area contributed by atoms with Crippen molar-refractivity contribution in [1.82, 2.24) is 0 Å². The summed E-state index contributed by atoms with van der Waals surface area (Å²) in [5.41, 5.74) is 0.977. The standard InChI is InChI=1S/C12H13BrO3S/c1-3-16-12(15)10-6-8(17)4-5-9(10)11(13)7(2)14/h4-6,11,17H,3H2,1-2H3. The van der Waals surface area contributed by atoms with E-state index >= 15 is 0 Å². The van der Waals surface area contributed by atoms with Gasteiger partial charge in [0.05, 0.1) is 17.0 Å². The Kier molecular flexibility index (Phi) is 5.21. The second-order valence-electron chi connectivity index (χ2n) is 3.47. The van der Waals surface area contributed by atoms with Gasteiger partial charge in [0.2, 0.25) is 0 Å². The number of ketones is 1. The third-order valence-electron chi connectivity index (χ3n) is 2.16. The van der Waals surface area contributed by atoms with Crippen molar-refractivity contribution in [3.63, 3.8) is 0 Å². The van der Waals surface area contributed by atoms with Gasteiger partial charge < -0.3 is 4.74 Å². The van der Waals surface area contributed by atoms with Crippen molar-refractivity contribution >= 4 is 40.3 Å². The van der Waals surface area contributed by atoms with Crippen molar-refractivity contribution in [2.75, 3.05) is 6.61 Å². The summed E-state index contributed by atoms with van der Waals surface area (Å²) in [6.07, 6.45) is 0. The van der Waals surface area contributed by atoms with Crippen LogP contribution in [0.15, 0.2) is 23.1 Å². The Morgan fingerprint density at radius 2 is 2.12 bits per heavy atom. The molecule has 1 rings (SSSR count). The normalized spacial score (nSPS) is 12.0. The Bertz CT molecular complexity index is 445. The van der Waals surface area contributed by atoms with Gasteiger partial charge in [-0.3, -0.25) is 4.79 Å². The number of carbonyl (C=O) groups excluding carboxylic acids is 2. The van der Waals surface area contributed by atoms with Crippen molar-refractivity contribution < 1.29 is 14.3 Å². The van der Waals surface area contributed by atoms with Gasteiger partial charge in [-0.15, -0.1) is 12.6 Å². The molecule has 92 valence electrons.